The zero-order valence-electron chi connectivity index (χ0n) is 23.1. The summed E-state index contributed by atoms with van der Waals surface area (Å²) in [5.74, 6) is 0.604. The monoisotopic (exact) mass is 552 g/mol. The van der Waals surface area contributed by atoms with Gasteiger partial charge in [-0.1, -0.05) is 115 Å². The van der Waals surface area contributed by atoms with Crippen molar-refractivity contribution in [3.8, 4) is 5.75 Å². The first-order valence-electron chi connectivity index (χ1n) is 13.8. The third kappa shape index (κ3) is 6.27. The molecule has 4 aromatic rings. The SMILES string of the molecule is C=CCO[C@H]1[C@@H](OC)O[C@H](COC(c2ccccc2)(c2ccccc2)c2ccccc2)[C@@H](O)[C@H]1Oc1ccccc1. The molecule has 0 amide bonds. The smallest absolute Gasteiger partial charge is 0.187 e. The van der Waals surface area contributed by atoms with E-state index in [4.69, 9.17) is 23.7 Å². The van der Waals surface area contributed by atoms with Gasteiger partial charge in [0.05, 0.1) is 13.2 Å². The van der Waals surface area contributed by atoms with Gasteiger partial charge in [0, 0.05) is 7.11 Å². The summed E-state index contributed by atoms with van der Waals surface area (Å²) in [6.07, 6.45) is -2.53. The standard InChI is InChI=1S/C35H36O6/c1-3-24-38-33-32(40-29-22-14-7-15-23-29)31(36)30(41-34(33)37-2)25-39-35(26-16-8-4-9-17-26,27-18-10-5-11-19-27)28-20-12-6-13-21-28/h3-23,30-34,36H,1,24-25H2,2H3/t30-,31-,32-,33-,34+/m1/s1. The minimum Gasteiger partial charge on any atom is -0.485 e. The Kier molecular flexibility index (Phi) is 9.62. The van der Waals surface area contributed by atoms with Gasteiger partial charge in [0.15, 0.2) is 12.4 Å². The summed E-state index contributed by atoms with van der Waals surface area (Å²) in [5.41, 5.74) is 1.89. The van der Waals surface area contributed by atoms with Crippen LogP contribution in [-0.2, 0) is 24.5 Å². The van der Waals surface area contributed by atoms with E-state index in [1.807, 2.05) is 84.9 Å². The van der Waals surface area contributed by atoms with Crippen LogP contribution in [0.2, 0.25) is 0 Å². The Morgan fingerprint density at radius 1 is 0.756 bits per heavy atom. The molecule has 0 spiro atoms. The molecule has 0 bridgehead atoms. The predicted octanol–water partition coefficient (Wildman–Crippen LogP) is 5.75. The third-order valence-electron chi connectivity index (χ3n) is 7.28. The van der Waals surface area contributed by atoms with Crippen LogP contribution in [0.1, 0.15) is 16.7 Å². The summed E-state index contributed by atoms with van der Waals surface area (Å²) in [5, 5.41) is 11.7. The number of aliphatic hydroxyl groups is 1. The summed E-state index contributed by atoms with van der Waals surface area (Å²) >= 11 is 0. The Labute approximate surface area is 241 Å². The van der Waals surface area contributed by atoms with E-state index in [0.717, 1.165) is 16.7 Å². The quantitative estimate of drug-likeness (QED) is 0.178. The molecule has 1 aliphatic heterocycles. The molecule has 6 nitrogen and oxygen atoms in total. The van der Waals surface area contributed by atoms with Gasteiger partial charge in [0.2, 0.25) is 0 Å². The van der Waals surface area contributed by atoms with Crippen molar-refractivity contribution in [3.63, 3.8) is 0 Å². The van der Waals surface area contributed by atoms with Gasteiger partial charge in [-0.3, -0.25) is 0 Å². The molecular formula is C35H36O6. The van der Waals surface area contributed by atoms with Gasteiger partial charge >= 0.3 is 0 Å². The highest BCUT2D eigenvalue weighted by atomic mass is 16.7. The lowest BCUT2D eigenvalue weighted by Crippen LogP contribution is -2.62. The second-order valence-corrected chi connectivity index (χ2v) is 9.84. The van der Waals surface area contributed by atoms with E-state index < -0.39 is 36.3 Å². The molecule has 0 aromatic heterocycles. The fraction of sp³-hybridized carbons (Fsp3) is 0.257. The van der Waals surface area contributed by atoms with Gasteiger partial charge in [0.25, 0.3) is 0 Å². The van der Waals surface area contributed by atoms with Crippen molar-refractivity contribution in [2.75, 3.05) is 20.3 Å². The second-order valence-electron chi connectivity index (χ2n) is 9.84. The predicted molar refractivity (Wildman–Crippen MR) is 158 cm³/mol. The summed E-state index contributed by atoms with van der Waals surface area (Å²) in [4.78, 5) is 0. The van der Waals surface area contributed by atoms with Gasteiger partial charge in [-0.05, 0) is 28.8 Å². The van der Waals surface area contributed by atoms with Crippen molar-refractivity contribution in [1.29, 1.82) is 0 Å². The second kappa shape index (κ2) is 13.7. The number of hydrogen-bond acceptors (Lipinski definition) is 6. The Bertz CT molecular complexity index is 1240. The average molecular weight is 553 g/mol. The largest absolute Gasteiger partial charge is 0.485 e. The van der Waals surface area contributed by atoms with E-state index in [1.54, 1.807) is 13.2 Å². The molecule has 1 fully saturated rings. The number of methoxy groups -OCH3 is 1. The Morgan fingerprint density at radius 2 is 1.24 bits per heavy atom. The molecule has 0 aliphatic carbocycles. The zero-order valence-corrected chi connectivity index (χ0v) is 23.1. The molecule has 0 radical (unpaired) electrons. The van der Waals surface area contributed by atoms with Crippen molar-refractivity contribution in [2.24, 2.45) is 0 Å². The van der Waals surface area contributed by atoms with E-state index in [0.29, 0.717) is 5.75 Å². The molecule has 41 heavy (non-hydrogen) atoms. The first kappa shape index (κ1) is 28.7. The lowest BCUT2D eigenvalue weighted by Gasteiger charge is -2.45. The normalized spacial score (nSPS) is 22.6. The Morgan fingerprint density at radius 3 is 1.71 bits per heavy atom. The first-order valence-corrected chi connectivity index (χ1v) is 13.8. The van der Waals surface area contributed by atoms with Crippen LogP contribution >= 0.6 is 0 Å². The van der Waals surface area contributed by atoms with E-state index in [1.165, 1.54) is 0 Å². The number of rotatable bonds is 12. The highest BCUT2D eigenvalue weighted by molar-refractivity contribution is 5.47. The van der Waals surface area contributed by atoms with E-state index in [9.17, 15) is 5.11 Å². The Balaban J connectivity index is 1.51. The molecule has 6 heteroatoms. The summed E-state index contributed by atoms with van der Waals surface area (Å²) in [6.45, 7) is 4.04. The van der Waals surface area contributed by atoms with Crippen LogP contribution < -0.4 is 4.74 Å². The van der Waals surface area contributed by atoms with Gasteiger partial charge in [0.1, 0.15) is 29.7 Å². The van der Waals surface area contributed by atoms with Crippen LogP contribution in [0.5, 0.6) is 5.75 Å². The summed E-state index contributed by atoms with van der Waals surface area (Å²) in [6, 6.07) is 39.6. The molecule has 212 valence electrons. The van der Waals surface area contributed by atoms with Crippen molar-refractivity contribution in [2.45, 2.75) is 36.3 Å². The average Bonchev–Trinajstić information content (AvgIpc) is 3.04. The minimum atomic E-state index is -1.09. The fourth-order valence-corrected chi connectivity index (χ4v) is 5.34. The molecular weight excluding hydrogens is 516 g/mol. The highest BCUT2D eigenvalue weighted by Crippen LogP contribution is 2.41. The molecule has 1 aliphatic rings. The van der Waals surface area contributed by atoms with E-state index in [-0.39, 0.29) is 13.2 Å². The molecule has 5 rings (SSSR count). The Hall–Kier alpha value is -3.78. The van der Waals surface area contributed by atoms with E-state index in [2.05, 4.69) is 43.0 Å². The van der Waals surface area contributed by atoms with Crippen LogP contribution in [0, 0.1) is 0 Å². The lowest BCUT2D eigenvalue weighted by atomic mass is 9.80. The maximum Gasteiger partial charge on any atom is 0.187 e. The molecule has 4 aromatic carbocycles. The van der Waals surface area contributed by atoms with Crippen molar-refractivity contribution in [1.82, 2.24) is 0 Å². The molecule has 1 saturated heterocycles. The molecule has 5 atom stereocenters. The van der Waals surface area contributed by atoms with E-state index >= 15 is 0 Å². The van der Waals surface area contributed by atoms with Gasteiger partial charge in [-0.15, -0.1) is 6.58 Å². The zero-order chi connectivity index (χ0) is 28.5. The van der Waals surface area contributed by atoms with Crippen LogP contribution in [0.3, 0.4) is 0 Å². The first-order chi connectivity index (χ1) is 20.2. The highest BCUT2D eigenvalue weighted by Gasteiger charge is 2.49. The van der Waals surface area contributed by atoms with Crippen LogP contribution in [0.25, 0.3) is 0 Å². The van der Waals surface area contributed by atoms with Gasteiger partial charge in [-0.25, -0.2) is 0 Å². The molecule has 0 unspecified atom stereocenters. The van der Waals surface area contributed by atoms with Crippen LogP contribution in [0.15, 0.2) is 134 Å². The number of benzene rings is 4. The molecule has 1 N–H and O–H groups in total. The van der Waals surface area contributed by atoms with Crippen LogP contribution in [0.4, 0.5) is 0 Å². The molecule has 1 heterocycles. The number of hydrogen-bond donors (Lipinski definition) is 1. The van der Waals surface area contributed by atoms with Crippen molar-refractivity contribution in [3.05, 3.63) is 151 Å². The van der Waals surface area contributed by atoms with Crippen LogP contribution in [-0.4, -0.2) is 56.1 Å². The lowest BCUT2D eigenvalue weighted by molar-refractivity contribution is -0.302. The van der Waals surface area contributed by atoms with Gasteiger partial charge < -0.3 is 28.8 Å². The van der Waals surface area contributed by atoms with Crippen molar-refractivity contribution >= 4 is 0 Å². The molecule has 0 saturated carbocycles. The summed E-state index contributed by atoms with van der Waals surface area (Å²) in [7, 11) is 1.55. The van der Waals surface area contributed by atoms with Crippen molar-refractivity contribution < 1.29 is 28.8 Å². The maximum absolute atomic E-state index is 11.7. The maximum atomic E-state index is 11.7. The fourth-order valence-electron chi connectivity index (χ4n) is 5.34. The number of ether oxygens (including phenoxy) is 5. The summed E-state index contributed by atoms with van der Waals surface area (Å²) < 4.78 is 31.2. The topological polar surface area (TPSA) is 66.4 Å². The van der Waals surface area contributed by atoms with Gasteiger partial charge in [-0.2, -0.15) is 0 Å². The number of aliphatic hydroxyl groups excluding tert-OH is 1. The third-order valence-corrected chi connectivity index (χ3v) is 7.28. The number of para-hydroxylation sites is 1. The minimum absolute atomic E-state index is 0.0442.